The number of hydrogen-bond acceptors (Lipinski definition) is 6. The van der Waals surface area contributed by atoms with E-state index in [0.717, 1.165) is 5.56 Å². The Balaban J connectivity index is 1.38. The van der Waals surface area contributed by atoms with Crippen molar-refractivity contribution in [3.05, 3.63) is 104 Å². The number of carbonyl (C=O) groups excluding carboxylic acids is 2. The Morgan fingerprint density at radius 2 is 1.74 bits per heavy atom. The highest BCUT2D eigenvalue weighted by atomic mass is 35.5. The summed E-state index contributed by atoms with van der Waals surface area (Å²) in [6.45, 7) is -0.0239. The van der Waals surface area contributed by atoms with Crippen LogP contribution in [0.15, 0.2) is 82.0 Å². The molecule has 0 radical (unpaired) electrons. The van der Waals surface area contributed by atoms with Crippen molar-refractivity contribution in [2.75, 3.05) is 13.2 Å². The molecule has 0 saturated heterocycles. The van der Waals surface area contributed by atoms with E-state index in [9.17, 15) is 14.4 Å². The SMILES string of the molecule is O=C(COc1ccc(Cl)cc1Cl)Oc1ccc2cc(C(=O)NCCc3ccccc3)c(=O)oc2c1. The number of esters is 1. The van der Waals surface area contributed by atoms with E-state index in [1.165, 1.54) is 30.3 Å². The number of halogens is 2. The zero-order chi connectivity index (χ0) is 24.8. The molecular formula is C26H19Cl2NO6. The van der Waals surface area contributed by atoms with E-state index < -0.39 is 24.1 Å². The van der Waals surface area contributed by atoms with Gasteiger partial charge in [-0.05, 0) is 48.4 Å². The molecule has 0 aliphatic rings. The predicted octanol–water partition coefficient (Wildman–Crippen LogP) is 5.06. The van der Waals surface area contributed by atoms with Crippen molar-refractivity contribution >= 4 is 46.0 Å². The summed E-state index contributed by atoms with van der Waals surface area (Å²) < 4.78 is 15.9. The van der Waals surface area contributed by atoms with Gasteiger partial charge in [0.05, 0.1) is 5.02 Å². The third-order valence-corrected chi connectivity index (χ3v) is 5.50. The molecule has 0 unspecified atom stereocenters. The lowest BCUT2D eigenvalue weighted by atomic mass is 10.1. The monoisotopic (exact) mass is 511 g/mol. The standard InChI is InChI=1S/C26H19Cl2NO6/c27-18-7-9-22(21(28)13-18)33-15-24(30)34-19-8-6-17-12-20(26(32)35-23(17)14-19)25(31)29-11-10-16-4-2-1-3-5-16/h1-9,12-14H,10-11,15H2,(H,29,31). The highest BCUT2D eigenvalue weighted by molar-refractivity contribution is 6.35. The van der Waals surface area contributed by atoms with E-state index in [1.54, 1.807) is 12.1 Å². The molecular weight excluding hydrogens is 493 g/mol. The van der Waals surface area contributed by atoms with E-state index in [1.807, 2.05) is 30.3 Å². The first-order valence-corrected chi connectivity index (χ1v) is 11.3. The smallest absolute Gasteiger partial charge is 0.349 e. The molecule has 9 heteroatoms. The maximum Gasteiger partial charge on any atom is 0.349 e. The van der Waals surface area contributed by atoms with Crippen LogP contribution >= 0.6 is 23.2 Å². The molecule has 3 aromatic carbocycles. The third kappa shape index (κ3) is 6.41. The summed E-state index contributed by atoms with van der Waals surface area (Å²) >= 11 is 11.8. The van der Waals surface area contributed by atoms with Crippen molar-refractivity contribution < 1.29 is 23.5 Å². The van der Waals surface area contributed by atoms with Crippen LogP contribution in [0.5, 0.6) is 11.5 Å². The van der Waals surface area contributed by atoms with Gasteiger partial charge in [0, 0.05) is 23.0 Å². The minimum Gasteiger partial charge on any atom is -0.480 e. The van der Waals surface area contributed by atoms with Crippen molar-refractivity contribution in [3.8, 4) is 11.5 Å². The van der Waals surface area contributed by atoms with Crippen LogP contribution in [0.25, 0.3) is 11.0 Å². The average molecular weight is 512 g/mol. The fourth-order valence-corrected chi connectivity index (χ4v) is 3.73. The van der Waals surface area contributed by atoms with Crippen LogP contribution in [0, 0.1) is 0 Å². The van der Waals surface area contributed by atoms with Crippen molar-refractivity contribution in [2.24, 2.45) is 0 Å². The molecule has 1 aromatic heterocycles. The van der Waals surface area contributed by atoms with Crippen molar-refractivity contribution in [2.45, 2.75) is 6.42 Å². The predicted molar refractivity (Wildman–Crippen MR) is 133 cm³/mol. The fraction of sp³-hybridized carbons (Fsp3) is 0.115. The van der Waals surface area contributed by atoms with Gasteiger partial charge in [0.15, 0.2) is 6.61 Å². The maximum atomic E-state index is 12.5. The van der Waals surface area contributed by atoms with E-state index in [2.05, 4.69) is 5.32 Å². The first kappa shape index (κ1) is 24.3. The number of amides is 1. The van der Waals surface area contributed by atoms with Crippen LogP contribution in [0.4, 0.5) is 0 Å². The zero-order valence-corrected chi connectivity index (χ0v) is 19.8. The highest BCUT2D eigenvalue weighted by Gasteiger charge is 2.15. The summed E-state index contributed by atoms with van der Waals surface area (Å²) in [5.41, 5.74) is 0.340. The van der Waals surface area contributed by atoms with Gasteiger partial charge in [0.25, 0.3) is 5.91 Å². The Hall–Kier alpha value is -3.81. The molecule has 0 atom stereocenters. The molecule has 4 rings (SSSR count). The summed E-state index contributed by atoms with van der Waals surface area (Å²) in [6.07, 6.45) is 0.633. The van der Waals surface area contributed by atoms with E-state index in [0.29, 0.717) is 23.4 Å². The Morgan fingerprint density at radius 1 is 0.943 bits per heavy atom. The van der Waals surface area contributed by atoms with Crippen molar-refractivity contribution in [3.63, 3.8) is 0 Å². The Bertz CT molecular complexity index is 1440. The molecule has 0 aliphatic heterocycles. The van der Waals surface area contributed by atoms with Crippen LogP contribution in [0.2, 0.25) is 10.0 Å². The van der Waals surface area contributed by atoms with E-state index >= 15 is 0 Å². The molecule has 4 aromatic rings. The Labute approximate surface area is 210 Å². The van der Waals surface area contributed by atoms with Gasteiger partial charge in [-0.3, -0.25) is 4.79 Å². The molecule has 0 bridgehead atoms. The number of benzene rings is 3. The van der Waals surface area contributed by atoms with Crippen LogP contribution in [-0.2, 0) is 11.2 Å². The third-order valence-electron chi connectivity index (χ3n) is 4.97. The van der Waals surface area contributed by atoms with Crippen molar-refractivity contribution in [1.82, 2.24) is 5.32 Å². The maximum absolute atomic E-state index is 12.5. The lowest BCUT2D eigenvalue weighted by Crippen LogP contribution is -2.29. The van der Waals surface area contributed by atoms with Gasteiger partial charge in [-0.2, -0.15) is 0 Å². The molecule has 178 valence electrons. The summed E-state index contributed by atoms with van der Waals surface area (Å²) in [5.74, 6) is -0.777. The van der Waals surface area contributed by atoms with Crippen LogP contribution in [-0.4, -0.2) is 25.0 Å². The Morgan fingerprint density at radius 3 is 2.51 bits per heavy atom. The van der Waals surface area contributed by atoms with Gasteiger partial charge in [-0.15, -0.1) is 0 Å². The van der Waals surface area contributed by atoms with Gasteiger partial charge in [0.2, 0.25) is 0 Å². The number of fused-ring (bicyclic) bond motifs is 1. The quantitative estimate of drug-likeness (QED) is 0.202. The normalized spacial score (nSPS) is 10.7. The van der Waals surface area contributed by atoms with Crippen LogP contribution < -0.4 is 20.4 Å². The fourth-order valence-electron chi connectivity index (χ4n) is 3.26. The van der Waals surface area contributed by atoms with Gasteiger partial charge >= 0.3 is 11.6 Å². The number of rotatable bonds is 8. The van der Waals surface area contributed by atoms with Gasteiger partial charge in [0.1, 0.15) is 22.6 Å². The topological polar surface area (TPSA) is 94.8 Å². The van der Waals surface area contributed by atoms with Crippen molar-refractivity contribution in [1.29, 1.82) is 0 Å². The zero-order valence-electron chi connectivity index (χ0n) is 18.3. The second kappa shape index (κ2) is 11.1. The number of nitrogens with one attached hydrogen (secondary N) is 1. The first-order chi connectivity index (χ1) is 16.9. The lowest BCUT2D eigenvalue weighted by molar-refractivity contribution is -0.136. The summed E-state index contributed by atoms with van der Waals surface area (Å²) in [5, 5.41) is 3.93. The molecule has 1 amide bonds. The molecule has 1 heterocycles. The summed E-state index contributed by atoms with van der Waals surface area (Å²) in [6, 6.07) is 20.2. The summed E-state index contributed by atoms with van der Waals surface area (Å²) in [4.78, 5) is 37.0. The van der Waals surface area contributed by atoms with E-state index in [-0.39, 0.29) is 27.7 Å². The minimum absolute atomic E-state index is 0.108. The molecule has 0 spiro atoms. The van der Waals surface area contributed by atoms with Gasteiger partial charge < -0.3 is 19.2 Å². The summed E-state index contributed by atoms with van der Waals surface area (Å²) in [7, 11) is 0. The molecule has 7 nitrogen and oxygen atoms in total. The molecule has 0 aliphatic carbocycles. The molecule has 0 saturated carbocycles. The van der Waals surface area contributed by atoms with Crippen LogP contribution in [0.1, 0.15) is 15.9 Å². The van der Waals surface area contributed by atoms with E-state index in [4.69, 9.17) is 37.1 Å². The molecule has 1 N–H and O–H groups in total. The second-order valence-corrected chi connectivity index (χ2v) is 8.32. The van der Waals surface area contributed by atoms with Crippen LogP contribution in [0.3, 0.4) is 0 Å². The molecule has 0 fully saturated rings. The average Bonchev–Trinajstić information content (AvgIpc) is 2.83. The number of ether oxygens (including phenoxy) is 2. The second-order valence-electron chi connectivity index (χ2n) is 7.48. The minimum atomic E-state index is -0.793. The van der Waals surface area contributed by atoms with Gasteiger partial charge in [-0.25, -0.2) is 9.59 Å². The molecule has 35 heavy (non-hydrogen) atoms. The largest absolute Gasteiger partial charge is 0.480 e. The van der Waals surface area contributed by atoms with Gasteiger partial charge in [-0.1, -0.05) is 53.5 Å². The lowest BCUT2D eigenvalue weighted by Gasteiger charge is -2.09. The number of carbonyl (C=O) groups is 2. The first-order valence-electron chi connectivity index (χ1n) is 10.6. The number of hydrogen-bond donors (Lipinski definition) is 1. The highest BCUT2D eigenvalue weighted by Crippen LogP contribution is 2.27. The Kier molecular flexibility index (Phi) is 7.70.